The molecule has 1 N–H and O–H groups in total. The Morgan fingerprint density at radius 3 is 2.56 bits per heavy atom. The normalized spacial score (nSPS) is 21.6. The second-order valence-electron chi connectivity index (χ2n) is 5.18. The van der Waals surface area contributed by atoms with Crippen LogP contribution in [0.2, 0.25) is 0 Å². The first-order chi connectivity index (χ1) is 8.25. The van der Waals surface area contributed by atoms with Gasteiger partial charge in [0.15, 0.2) is 11.9 Å². The lowest BCUT2D eigenvalue weighted by molar-refractivity contribution is -0.832. The van der Waals surface area contributed by atoms with Crippen LogP contribution in [0.25, 0.3) is 0 Å². The molecule has 0 aromatic heterocycles. The highest BCUT2D eigenvalue weighted by Crippen LogP contribution is 2.28. The fraction of sp³-hybridized carbons (Fsp3) is 0.600. The summed E-state index contributed by atoms with van der Waals surface area (Å²) >= 11 is 0. The number of hydrogen-bond acceptors (Lipinski definition) is 1. The molecule has 2 nitrogen and oxygen atoms in total. The monoisotopic (exact) mass is 360 g/mol. The van der Waals surface area contributed by atoms with Crippen molar-refractivity contribution in [1.82, 2.24) is 0 Å². The third kappa shape index (κ3) is 3.18. The van der Waals surface area contributed by atoms with Gasteiger partial charge < -0.3 is 28.9 Å². The molecule has 0 saturated heterocycles. The number of para-hydroxylation sites is 2. The van der Waals surface area contributed by atoms with Crippen LogP contribution in [0.3, 0.4) is 0 Å². The minimum Gasteiger partial charge on any atom is -1.00 e. The summed E-state index contributed by atoms with van der Waals surface area (Å²) in [6.45, 7) is 2.27. The molecule has 102 valence electrons. The number of fused-ring (bicyclic) bond motifs is 1. The molecule has 2 rings (SSSR count). The number of nitrogens with zero attached hydrogens (tertiary/aromatic N) is 1. The molecular formula is C15H25IN2. The zero-order valence-electron chi connectivity index (χ0n) is 11.7. The van der Waals surface area contributed by atoms with Crippen LogP contribution in [-0.2, 0) is 0 Å². The minimum atomic E-state index is 0. The fourth-order valence-corrected chi connectivity index (χ4v) is 2.93. The lowest BCUT2D eigenvalue weighted by Crippen LogP contribution is -3.08. The molecule has 3 heteroatoms. The topological polar surface area (TPSA) is 7.68 Å². The van der Waals surface area contributed by atoms with Crippen LogP contribution < -0.4 is 33.8 Å². The Balaban J connectivity index is 0.00000162. The SMILES string of the molecule is CCCCCCC1N(C)c2ccccc2[NH+]1C.[I-]. The summed E-state index contributed by atoms with van der Waals surface area (Å²) in [5.41, 5.74) is 2.86. The van der Waals surface area contributed by atoms with Crippen molar-refractivity contribution in [3.63, 3.8) is 0 Å². The van der Waals surface area contributed by atoms with E-state index in [0.717, 1.165) is 0 Å². The van der Waals surface area contributed by atoms with E-state index in [1.807, 2.05) is 0 Å². The van der Waals surface area contributed by atoms with E-state index < -0.39 is 0 Å². The van der Waals surface area contributed by atoms with E-state index in [-0.39, 0.29) is 24.0 Å². The van der Waals surface area contributed by atoms with Gasteiger partial charge in [0.1, 0.15) is 5.69 Å². The second-order valence-corrected chi connectivity index (χ2v) is 5.18. The Hall–Kier alpha value is -0.290. The zero-order chi connectivity index (χ0) is 12.3. The van der Waals surface area contributed by atoms with Gasteiger partial charge in [-0.25, -0.2) is 0 Å². The van der Waals surface area contributed by atoms with Gasteiger partial charge in [-0.05, 0) is 12.5 Å². The Labute approximate surface area is 128 Å². The quantitative estimate of drug-likeness (QED) is 0.554. The summed E-state index contributed by atoms with van der Waals surface area (Å²) in [7, 11) is 4.53. The van der Waals surface area contributed by atoms with Crippen molar-refractivity contribution in [2.45, 2.75) is 45.2 Å². The van der Waals surface area contributed by atoms with Crippen LogP contribution in [0.15, 0.2) is 24.3 Å². The van der Waals surface area contributed by atoms with Gasteiger partial charge in [-0.1, -0.05) is 38.3 Å². The number of unbranched alkanes of at least 4 members (excludes halogenated alkanes) is 3. The highest BCUT2D eigenvalue weighted by atomic mass is 127. The van der Waals surface area contributed by atoms with E-state index in [1.54, 1.807) is 4.90 Å². The maximum Gasteiger partial charge on any atom is 0.167 e. The van der Waals surface area contributed by atoms with E-state index in [4.69, 9.17) is 0 Å². The lowest BCUT2D eigenvalue weighted by Gasteiger charge is -2.23. The van der Waals surface area contributed by atoms with Gasteiger partial charge in [0.25, 0.3) is 0 Å². The van der Waals surface area contributed by atoms with E-state index in [1.165, 1.54) is 43.5 Å². The lowest BCUT2D eigenvalue weighted by atomic mass is 10.1. The average Bonchev–Trinajstić information content (AvgIpc) is 2.60. The predicted molar refractivity (Wildman–Crippen MR) is 73.9 cm³/mol. The Morgan fingerprint density at radius 1 is 1.17 bits per heavy atom. The molecule has 1 aliphatic rings. The number of hydrogen-bond donors (Lipinski definition) is 1. The number of quaternary nitrogens is 1. The van der Waals surface area contributed by atoms with Gasteiger partial charge in [0.2, 0.25) is 0 Å². The molecule has 0 amide bonds. The molecular weight excluding hydrogens is 335 g/mol. The number of benzene rings is 1. The molecule has 2 atom stereocenters. The van der Waals surface area contributed by atoms with Crippen LogP contribution in [0.1, 0.15) is 39.0 Å². The molecule has 1 heterocycles. The van der Waals surface area contributed by atoms with Crippen LogP contribution in [-0.4, -0.2) is 20.3 Å². The summed E-state index contributed by atoms with van der Waals surface area (Å²) < 4.78 is 0. The predicted octanol–water partition coefficient (Wildman–Crippen LogP) is -0.417. The van der Waals surface area contributed by atoms with Crippen molar-refractivity contribution >= 4 is 11.4 Å². The van der Waals surface area contributed by atoms with E-state index >= 15 is 0 Å². The highest BCUT2D eigenvalue weighted by Gasteiger charge is 2.34. The Morgan fingerprint density at radius 2 is 1.89 bits per heavy atom. The first-order valence-electron chi connectivity index (χ1n) is 6.91. The van der Waals surface area contributed by atoms with Gasteiger partial charge in [0, 0.05) is 19.5 Å². The van der Waals surface area contributed by atoms with E-state index in [2.05, 4.69) is 50.2 Å². The summed E-state index contributed by atoms with van der Waals surface area (Å²) in [5, 5.41) is 0. The molecule has 0 aliphatic carbocycles. The van der Waals surface area contributed by atoms with Crippen molar-refractivity contribution in [2.24, 2.45) is 0 Å². The summed E-state index contributed by atoms with van der Waals surface area (Å²) in [6.07, 6.45) is 7.37. The van der Waals surface area contributed by atoms with Crippen molar-refractivity contribution in [3.8, 4) is 0 Å². The summed E-state index contributed by atoms with van der Waals surface area (Å²) in [6, 6.07) is 8.79. The molecule has 1 aliphatic heterocycles. The standard InChI is InChI=1S/C15H24N2.HI/c1-4-5-6-7-12-15-16(2)13-10-8-9-11-14(13)17(15)3;/h8-11,15H,4-7,12H2,1-3H3;1H. The zero-order valence-corrected chi connectivity index (χ0v) is 13.9. The van der Waals surface area contributed by atoms with Crippen LogP contribution in [0.5, 0.6) is 0 Å². The van der Waals surface area contributed by atoms with Gasteiger partial charge in [0.05, 0.1) is 7.05 Å². The smallest absolute Gasteiger partial charge is 0.167 e. The second kappa shape index (κ2) is 7.34. The van der Waals surface area contributed by atoms with Crippen LogP contribution >= 0.6 is 0 Å². The molecule has 0 spiro atoms. The molecule has 18 heavy (non-hydrogen) atoms. The average molecular weight is 360 g/mol. The third-order valence-corrected chi connectivity index (χ3v) is 4.01. The molecule has 2 unspecified atom stereocenters. The summed E-state index contributed by atoms with van der Waals surface area (Å²) in [4.78, 5) is 4.01. The van der Waals surface area contributed by atoms with Crippen molar-refractivity contribution < 1.29 is 28.9 Å². The fourth-order valence-electron chi connectivity index (χ4n) is 2.93. The largest absolute Gasteiger partial charge is 1.00 e. The number of halogens is 1. The maximum absolute atomic E-state index is 2.45. The van der Waals surface area contributed by atoms with Gasteiger partial charge in [-0.15, -0.1) is 0 Å². The molecule has 1 aromatic carbocycles. The number of rotatable bonds is 5. The van der Waals surface area contributed by atoms with Crippen molar-refractivity contribution in [1.29, 1.82) is 0 Å². The molecule has 0 bridgehead atoms. The Bertz CT molecular complexity index is 338. The van der Waals surface area contributed by atoms with Crippen molar-refractivity contribution in [2.75, 3.05) is 19.0 Å². The first kappa shape index (κ1) is 15.8. The third-order valence-electron chi connectivity index (χ3n) is 4.01. The Kier molecular flexibility index (Phi) is 6.43. The minimum absolute atomic E-state index is 0. The number of anilines is 1. The van der Waals surface area contributed by atoms with Crippen molar-refractivity contribution in [3.05, 3.63) is 24.3 Å². The first-order valence-corrected chi connectivity index (χ1v) is 6.91. The molecule has 1 aromatic rings. The highest BCUT2D eigenvalue weighted by molar-refractivity contribution is 5.65. The van der Waals surface area contributed by atoms with Crippen LogP contribution in [0, 0.1) is 0 Å². The molecule has 0 fully saturated rings. The molecule has 0 radical (unpaired) electrons. The summed E-state index contributed by atoms with van der Waals surface area (Å²) in [5.74, 6) is 0. The van der Waals surface area contributed by atoms with E-state index in [0.29, 0.717) is 6.17 Å². The van der Waals surface area contributed by atoms with Gasteiger partial charge >= 0.3 is 0 Å². The molecule has 0 saturated carbocycles. The maximum atomic E-state index is 2.45. The van der Waals surface area contributed by atoms with Gasteiger partial charge in [-0.3, -0.25) is 4.90 Å². The van der Waals surface area contributed by atoms with Gasteiger partial charge in [-0.2, -0.15) is 0 Å². The van der Waals surface area contributed by atoms with Crippen LogP contribution in [0.4, 0.5) is 11.4 Å². The number of nitrogens with one attached hydrogen (secondary N) is 1. The van der Waals surface area contributed by atoms with E-state index in [9.17, 15) is 0 Å².